The van der Waals surface area contributed by atoms with Crippen molar-refractivity contribution in [2.75, 3.05) is 17.2 Å². The number of ether oxygens (including phenoxy) is 1. The van der Waals surface area contributed by atoms with Gasteiger partial charge in [-0.15, -0.1) is 0 Å². The number of aromatic nitrogens is 1. The van der Waals surface area contributed by atoms with E-state index in [4.69, 9.17) is 21.9 Å². The molecule has 4 rings (SSSR count). The molecule has 0 fully saturated rings. The summed E-state index contributed by atoms with van der Waals surface area (Å²) in [4.78, 5) is 4.27. The predicted molar refractivity (Wildman–Crippen MR) is 104 cm³/mol. The van der Waals surface area contributed by atoms with Gasteiger partial charge in [0, 0.05) is 27.7 Å². The van der Waals surface area contributed by atoms with Gasteiger partial charge in [-0.05, 0) is 23.8 Å². The fourth-order valence-corrected chi connectivity index (χ4v) is 3.67. The van der Waals surface area contributed by atoms with E-state index in [0.717, 1.165) is 15.6 Å². The highest BCUT2D eigenvalue weighted by atomic mass is 79.9. The topological polar surface area (TPSA) is 124 Å². The van der Waals surface area contributed by atoms with Crippen molar-refractivity contribution < 1.29 is 4.74 Å². The Bertz CT molecular complexity index is 1090. The highest BCUT2D eigenvalue weighted by molar-refractivity contribution is 9.10. The minimum atomic E-state index is -0.257. The van der Waals surface area contributed by atoms with Gasteiger partial charge in [0.2, 0.25) is 5.88 Å². The molecule has 0 bridgehead atoms. The highest BCUT2D eigenvalue weighted by Crippen LogP contribution is 2.50. The van der Waals surface area contributed by atoms with Gasteiger partial charge in [-0.1, -0.05) is 34.1 Å². The Hall–Kier alpha value is -3.24. The number of nitrogens with zero attached hydrogens (tertiary/aromatic N) is 2. The number of nitrogens with two attached hydrogens (primary N) is 3. The van der Waals surface area contributed by atoms with Crippen molar-refractivity contribution in [2.24, 2.45) is 0 Å². The van der Waals surface area contributed by atoms with Gasteiger partial charge in [0.15, 0.2) is 0 Å². The minimum absolute atomic E-state index is 0.0455. The normalized spacial score (nSPS) is 14.7. The number of nitriles is 1. The summed E-state index contributed by atoms with van der Waals surface area (Å²) in [5.41, 5.74) is 21.6. The monoisotopic (exact) mass is 407 g/mol. The Morgan fingerprint density at radius 2 is 1.92 bits per heavy atom. The van der Waals surface area contributed by atoms with Crippen molar-refractivity contribution in [1.29, 1.82) is 5.26 Å². The zero-order valence-corrected chi connectivity index (χ0v) is 15.1. The smallest absolute Gasteiger partial charge is 0.227 e. The second-order valence-electron chi connectivity index (χ2n) is 6.00. The molecule has 128 valence electrons. The number of rotatable bonds is 1. The summed E-state index contributed by atoms with van der Waals surface area (Å²) >= 11 is 3.51. The van der Waals surface area contributed by atoms with Gasteiger partial charge in [-0.3, -0.25) is 0 Å². The molecule has 0 saturated heterocycles. The van der Waals surface area contributed by atoms with Crippen LogP contribution in [0.25, 0.3) is 0 Å². The molecule has 0 saturated carbocycles. The van der Waals surface area contributed by atoms with Crippen LogP contribution < -0.4 is 21.9 Å². The first-order chi connectivity index (χ1) is 12.5. The van der Waals surface area contributed by atoms with Crippen LogP contribution in [0.15, 0.2) is 46.9 Å². The third-order valence-electron chi connectivity index (χ3n) is 4.41. The molecule has 1 aromatic heterocycles. The molecule has 6 nitrogen and oxygen atoms in total. The number of anilines is 3. The Kier molecular flexibility index (Phi) is 3.71. The average Bonchev–Trinajstić information content (AvgIpc) is 2.60. The molecular weight excluding hydrogens is 394 g/mol. The number of fused-ring (bicyclic) bond motifs is 2. The highest BCUT2D eigenvalue weighted by Gasteiger charge is 2.34. The van der Waals surface area contributed by atoms with Gasteiger partial charge < -0.3 is 21.9 Å². The fraction of sp³-hybridized carbons (Fsp3) is 0.0526. The molecular formula is C19H14BrN5O. The average molecular weight is 408 g/mol. The zero-order chi connectivity index (χ0) is 18.4. The van der Waals surface area contributed by atoms with Crippen LogP contribution in [0.4, 0.5) is 17.2 Å². The van der Waals surface area contributed by atoms with E-state index in [1.54, 1.807) is 6.07 Å². The number of halogens is 1. The van der Waals surface area contributed by atoms with Gasteiger partial charge in [0.25, 0.3) is 0 Å². The lowest BCUT2D eigenvalue weighted by atomic mass is 9.82. The Balaban J connectivity index is 2.06. The molecule has 2 aromatic carbocycles. The molecule has 1 aliphatic heterocycles. The number of hydrogen-bond donors (Lipinski definition) is 3. The van der Waals surface area contributed by atoms with Crippen LogP contribution >= 0.6 is 15.9 Å². The lowest BCUT2D eigenvalue weighted by Gasteiger charge is -2.29. The lowest BCUT2D eigenvalue weighted by molar-refractivity contribution is 0.435. The van der Waals surface area contributed by atoms with E-state index in [1.807, 2.05) is 42.5 Å². The van der Waals surface area contributed by atoms with Gasteiger partial charge in [-0.2, -0.15) is 10.2 Å². The number of nitrogen functional groups attached to an aromatic ring is 3. The SMILES string of the molecule is N#Cc1c(N)nc2c(c1N)[C@@H](c1cccc(Br)c1)c1ccc(N)cc1O2. The second-order valence-corrected chi connectivity index (χ2v) is 6.92. The van der Waals surface area contributed by atoms with E-state index >= 15 is 0 Å². The van der Waals surface area contributed by atoms with Gasteiger partial charge in [-0.25, -0.2) is 0 Å². The quantitative estimate of drug-likeness (QED) is 0.412. The molecule has 1 aliphatic rings. The van der Waals surface area contributed by atoms with Crippen LogP contribution in [0.5, 0.6) is 11.6 Å². The molecule has 3 aromatic rings. The minimum Gasteiger partial charge on any atom is -0.438 e. The van der Waals surface area contributed by atoms with E-state index in [0.29, 0.717) is 22.9 Å². The summed E-state index contributed by atoms with van der Waals surface area (Å²) < 4.78 is 6.86. The molecule has 1 atom stereocenters. The van der Waals surface area contributed by atoms with Crippen LogP contribution in [0.2, 0.25) is 0 Å². The Morgan fingerprint density at radius 3 is 2.65 bits per heavy atom. The Morgan fingerprint density at radius 1 is 1.12 bits per heavy atom. The molecule has 0 unspecified atom stereocenters. The molecule has 7 heteroatoms. The number of pyridine rings is 1. The summed E-state index contributed by atoms with van der Waals surface area (Å²) in [6, 6.07) is 15.4. The fourth-order valence-electron chi connectivity index (χ4n) is 3.26. The van der Waals surface area contributed by atoms with Crippen LogP contribution in [0, 0.1) is 11.3 Å². The standard InChI is InChI=1S/C19H14BrN5O/c20-10-3-1-2-9(6-10)15-12-5-4-11(22)7-14(12)26-19-16(15)17(23)13(8-21)18(24)25-19/h1-7,15H,22H2,(H4,23,24,25)/t15-/m0/s1. The Labute approximate surface area is 158 Å². The van der Waals surface area contributed by atoms with Crippen molar-refractivity contribution in [2.45, 2.75) is 5.92 Å². The summed E-state index contributed by atoms with van der Waals surface area (Å²) in [7, 11) is 0. The van der Waals surface area contributed by atoms with Gasteiger partial charge >= 0.3 is 0 Å². The molecule has 26 heavy (non-hydrogen) atoms. The van der Waals surface area contributed by atoms with E-state index in [9.17, 15) is 5.26 Å². The van der Waals surface area contributed by atoms with Crippen LogP contribution in [-0.4, -0.2) is 4.98 Å². The first-order valence-electron chi connectivity index (χ1n) is 7.81. The molecule has 0 spiro atoms. The largest absolute Gasteiger partial charge is 0.438 e. The summed E-state index contributed by atoms with van der Waals surface area (Å²) in [5.74, 6) is 0.678. The van der Waals surface area contributed by atoms with E-state index in [2.05, 4.69) is 20.9 Å². The van der Waals surface area contributed by atoms with Crippen molar-refractivity contribution in [3.05, 3.63) is 69.2 Å². The van der Waals surface area contributed by atoms with Crippen LogP contribution in [-0.2, 0) is 0 Å². The van der Waals surface area contributed by atoms with Crippen molar-refractivity contribution in [3.63, 3.8) is 0 Å². The van der Waals surface area contributed by atoms with E-state index in [1.165, 1.54) is 0 Å². The van der Waals surface area contributed by atoms with Crippen molar-refractivity contribution >= 4 is 33.1 Å². The summed E-state index contributed by atoms with van der Waals surface area (Å²) in [6.07, 6.45) is 0. The maximum absolute atomic E-state index is 9.42. The maximum atomic E-state index is 9.42. The van der Waals surface area contributed by atoms with Crippen LogP contribution in [0.3, 0.4) is 0 Å². The van der Waals surface area contributed by atoms with Crippen molar-refractivity contribution in [1.82, 2.24) is 4.98 Å². The second kappa shape index (κ2) is 5.93. The first kappa shape index (κ1) is 16.2. The van der Waals surface area contributed by atoms with Crippen molar-refractivity contribution in [3.8, 4) is 17.7 Å². The third-order valence-corrected chi connectivity index (χ3v) is 4.90. The third kappa shape index (κ3) is 2.43. The lowest BCUT2D eigenvalue weighted by Crippen LogP contribution is -2.17. The van der Waals surface area contributed by atoms with Gasteiger partial charge in [0.1, 0.15) is 23.2 Å². The predicted octanol–water partition coefficient (Wildman–Crippen LogP) is 3.75. The van der Waals surface area contributed by atoms with E-state index in [-0.39, 0.29) is 23.0 Å². The van der Waals surface area contributed by atoms with Crippen LogP contribution in [0.1, 0.15) is 28.2 Å². The molecule has 0 aliphatic carbocycles. The summed E-state index contributed by atoms with van der Waals surface area (Å²) in [6.45, 7) is 0. The molecule has 0 radical (unpaired) electrons. The molecule has 6 N–H and O–H groups in total. The van der Waals surface area contributed by atoms with E-state index < -0.39 is 0 Å². The van der Waals surface area contributed by atoms with Gasteiger partial charge in [0.05, 0.1) is 11.3 Å². The first-order valence-corrected chi connectivity index (χ1v) is 8.60. The zero-order valence-electron chi connectivity index (χ0n) is 13.5. The molecule has 2 heterocycles. The molecule has 0 amide bonds. The number of benzene rings is 2. The summed E-state index contributed by atoms with van der Waals surface area (Å²) in [5, 5.41) is 9.42. The number of hydrogen-bond acceptors (Lipinski definition) is 6. The maximum Gasteiger partial charge on any atom is 0.227 e.